The van der Waals surface area contributed by atoms with Crippen molar-refractivity contribution in [3.05, 3.63) is 11.6 Å². The van der Waals surface area contributed by atoms with Gasteiger partial charge in [-0.05, 0) is 25.8 Å². The van der Waals surface area contributed by atoms with Gasteiger partial charge in [0, 0.05) is 30.1 Å². The number of fused-ring (bicyclic) bond motifs is 2. The van der Waals surface area contributed by atoms with E-state index in [2.05, 4.69) is 0 Å². The Bertz CT molecular complexity index is 753. The van der Waals surface area contributed by atoms with Crippen LogP contribution in [0.1, 0.15) is 33.6 Å². The first kappa shape index (κ1) is 15.0. The second-order valence-electron chi connectivity index (χ2n) is 8.91. The van der Waals surface area contributed by atoms with Gasteiger partial charge in [-0.2, -0.15) is 0 Å². The number of aliphatic hydroxyl groups is 1. The van der Waals surface area contributed by atoms with Gasteiger partial charge in [0.05, 0.1) is 29.6 Å². The number of ether oxygens (including phenoxy) is 1. The maximum absolute atomic E-state index is 13.3. The van der Waals surface area contributed by atoms with E-state index >= 15 is 0 Å². The second kappa shape index (κ2) is 3.91. The molecule has 4 bridgehead atoms. The Morgan fingerprint density at radius 2 is 1.92 bits per heavy atom. The van der Waals surface area contributed by atoms with Crippen LogP contribution in [0.25, 0.3) is 0 Å². The van der Waals surface area contributed by atoms with Gasteiger partial charge in [0.1, 0.15) is 11.6 Å². The van der Waals surface area contributed by atoms with Crippen LogP contribution in [-0.2, 0) is 19.1 Å². The van der Waals surface area contributed by atoms with Crippen molar-refractivity contribution in [3.63, 3.8) is 0 Å². The summed E-state index contributed by atoms with van der Waals surface area (Å²) in [4.78, 5) is 38.9. The van der Waals surface area contributed by atoms with Crippen molar-refractivity contribution in [2.45, 2.75) is 45.3 Å². The summed E-state index contributed by atoms with van der Waals surface area (Å²) >= 11 is 0. The van der Waals surface area contributed by atoms with Crippen molar-refractivity contribution in [2.24, 2.45) is 34.5 Å². The summed E-state index contributed by atoms with van der Waals surface area (Å²) in [5, 5.41) is 11.2. The molecule has 0 aromatic heterocycles. The van der Waals surface area contributed by atoms with Gasteiger partial charge >= 0.3 is 0 Å². The highest BCUT2D eigenvalue weighted by Gasteiger charge is 2.81. The molecule has 5 heteroatoms. The fourth-order valence-electron chi connectivity index (χ4n) is 7.22. The van der Waals surface area contributed by atoms with Gasteiger partial charge < -0.3 is 9.84 Å². The molecule has 0 radical (unpaired) electrons. The number of rotatable bonds is 0. The summed E-state index contributed by atoms with van der Waals surface area (Å²) in [6.07, 6.45) is 1.29. The van der Waals surface area contributed by atoms with Crippen molar-refractivity contribution in [1.29, 1.82) is 0 Å². The Morgan fingerprint density at radius 1 is 1.21 bits per heavy atom. The monoisotopic (exact) mass is 330 g/mol. The first-order chi connectivity index (χ1) is 11.2. The standard InChI is InChI=1S/C19H22O5/c1-8-4-12(21)17(2)9(8)6-13(22)19-7-24-18(3)10(14(23)16(17)19)5-11(20)15(18)19/h4,9-10,14-16,23H,5-7H2,1-3H3. The number of Topliss-reactive ketones (excluding diaryl/α,β-unsaturated/α-hetero) is 2. The first-order valence-corrected chi connectivity index (χ1v) is 8.79. The summed E-state index contributed by atoms with van der Waals surface area (Å²) in [5.41, 5.74) is -1.69. The second-order valence-corrected chi connectivity index (χ2v) is 8.91. The lowest BCUT2D eigenvalue weighted by molar-refractivity contribution is -0.184. The van der Waals surface area contributed by atoms with Crippen LogP contribution < -0.4 is 0 Å². The number of ketones is 3. The molecule has 1 aliphatic heterocycles. The molecular weight excluding hydrogens is 308 g/mol. The average Bonchev–Trinajstić information content (AvgIpc) is 2.97. The van der Waals surface area contributed by atoms with E-state index < -0.39 is 34.4 Å². The normalized spacial score (nSPS) is 57.9. The van der Waals surface area contributed by atoms with Crippen molar-refractivity contribution >= 4 is 17.3 Å². The van der Waals surface area contributed by atoms with Crippen LogP contribution in [0, 0.1) is 34.5 Å². The zero-order valence-corrected chi connectivity index (χ0v) is 14.2. The van der Waals surface area contributed by atoms with Crippen LogP contribution in [0.3, 0.4) is 0 Å². The first-order valence-electron chi connectivity index (χ1n) is 8.79. The Hall–Kier alpha value is -1.33. The van der Waals surface area contributed by atoms with E-state index in [-0.39, 0.29) is 48.6 Å². The minimum Gasteiger partial charge on any atom is -0.392 e. The van der Waals surface area contributed by atoms with Crippen molar-refractivity contribution in [2.75, 3.05) is 6.61 Å². The maximum atomic E-state index is 13.3. The highest BCUT2D eigenvalue weighted by Crippen LogP contribution is 2.72. The van der Waals surface area contributed by atoms with Gasteiger partial charge in [0.25, 0.3) is 0 Å². The summed E-state index contributed by atoms with van der Waals surface area (Å²) < 4.78 is 6.05. The topological polar surface area (TPSA) is 80.7 Å². The molecule has 3 saturated carbocycles. The fraction of sp³-hybridized carbons (Fsp3) is 0.737. The highest BCUT2D eigenvalue weighted by atomic mass is 16.5. The smallest absolute Gasteiger partial charge is 0.162 e. The van der Waals surface area contributed by atoms with Crippen molar-refractivity contribution < 1.29 is 24.2 Å². The van der Waals surface area contributed by atoms with E-state index in [0.29, 0.717) is 0 Å². The molecule has 8 atom stereocenters. The van der Waals surface area contributed by atoms with E-state index in [9.17, 15) is 19.5 Å². The maximum Gasteiger partial charge on any atom is 0.162 e. The third kappa shape index (κ3) is 1.20. The van der Waals surface area contributed by atoms with Crippen LogP contribution in [0.2, 0.25) is 0 Å². The molecule has 24 heavy (non-hydrogen) atoms. The van der Waals surface area contributed by atoms with E-state index in [1.54, 1.807) is 6.08 Å². The van der Waals surface area contributed by atoms with Crippen LogP contribution in [0.15, 0.2) is 11.6 Å². The predicted octanol–water partition coefficient (Wildman–Crippen LogP) is 1.08. The third-order valence-corrected chi connectivity index (χ3v) is 8.22. The Kier molecular flexibility index (Phi) is 2.44. The van der Waals surface area contributed by atoms with E-state index in [1.165, 1.54) is 0 Å². The number of carbonyl (C=O) groups excluding carboxylic acids is 3. The molecule has 1 heterocycles. The van der Waals surface area contributed by atoms with Gasteiger partial charge in [-0.3, -0.25) is 14.4 Å². The Labute approximate surface area is 140 Å². The van der Waals surface area contributed by atoms with Crippen LogP contribution in [-0.4, -0.2) is 40.8 Å². The number of aliphatic hydroxyl groups excluding tert-OH is 1. The molecular formula is C19H22O5. The minimum absolute atomic E-state index is 0.00102. The average molecular weight is 330 g/mol. The molecule has 1 saturated heterocycles. The summed E-state index contributed by atoms with van der Waals surface area (Å²) in [5.74, 6) is -1.53. The van der Waals surface area contributed by atoms with E-state index in [1.807, 2.05) is 20.8 Å². The lowest BCUT2D eigenvalue weighted by Crippen LogP contribution is -2.68. The molecule has 4 fully saturated rings. The summed E-state index contributed by atoms with van der Waals surface area (Å²) in [6.45, 7) is 5.80. The molecule has 8 unspecified atom stereocenters. The van der Waals surface area contributed by atoms with Gasteiger partial charge in [-0.1, -0.05) is 12.5 Å². The highest BCUT2D eigenvalue weighted by molar-refractivity contribution is 6.05. The van der Waals surface area contributed by atoms with Crippen LogP contribution in [0.5, 0.6) is 0 Å². The molecule has 4 aliphatic carbocycles. The summed E-state index contributed by atoms with van der Waals surface area (Å²) in [6, 6.07) is 0. The van der Waals surface area contributed by atoms with Gasteiger partial charge in [-0.25, -0.2) is 0 Å². The van der Waals surface area contributed by atoms with E-state index in [0.717, 1.165) is 5.57 Å². The minimum atomic E-state index is -1.03. The molecule has 0 aromatic rings. The molecule has 5 rings (SSSR count). The lowest BCUT2D eigenvalue weighted by atomic mass is 9.42. The quantitative estimate of drug-likeness (QED) is 0.719. The Morgan fingerprint density at radius 3 is 2.62 bits per heavy atom. The molecule has 1 N–H and O–H groups in total. The zero-order chi connectivity index (χ0) is 17.2. The number of hydrogen-bond acceptors (Lipinski definition) is 5. The molecule has 0 aromatic carbocycles. The third-order valence-electron chi connectivity index (χ3n) is 8.22. The number of hydrogen-bond donors (Lipinski definition) is 1. The number of allylic oxidation sites excluding steroid dienone is 2. The molecule has 0 amide bonds. The predicted molar refractivity (Wildman–Crippen MR) is 82.9 cm³/mol. The lowest BCUT2D eigenvalue weighted by Gasteiger charge is -2.58. The molecule has 1 spiro atoms. The zero-order valence-electron chi connectivity index (χ0n) is 14.2. The largest absolute Gasteiger partial charge is 0.392 e. The van der Waals surface area contributed by atoms with Gasteiger partial charge in [0.2, 0.25) is 0 Å². The van der Waals surface area contributed by atoms with Crippen molar-refractivity contribution in [3.8, 4) is 0 Å². The molecule has 5 aliphatic rings. The fourth-order valence-corrected chi connectivity index (χ4v) is 7.22. The number of carbonyl (C=O) groups is 3. The molecule has 5 nitrogen and oxygen atoms in total. The van der Waals surface area contributed by atoms with Gasteiger partial charge in [-0.15, -0.1) is 0 Å². The molecule has 128 valence electrons. The SMILES string of the molecule is CC1=CC(=O)C2(C)C1CC(=O)C13COC4(C)C(CC(=O)C41)C(O)C23. The van der Waals surface area contributed by atoms with E-state index in [4.69, 9.17) is 4.74 Å². The Balaban J connectivity index is 1.78. The van der Waals surface area contributed by atoms with Crippen LogP contribution in [0.4, 0.5) is 0 Å². The van der Waals surface area contributed by atoms with Crippen molar-refractivity contribution in [1.82, 2.24) is 0 Å². The summed E-state index contributed by atoms with van der Waals surface area (Å²) in [7, 11) is 0. The van der Waals surface area contributed by atoms with Crippen LogP contribution >= 0.6 is 0 Å². The van der Waals surface area contributed by atoms with Gasteiger partial charge in [0.15, 0.2) is 5.78 Å².